The highest BCUT2D eigenvalue weighted by atomic mass is 15.3. The lowest BCUT2D eigenvalue weighted by atomic mass is 10.0. The molecule has 102 valence electrons. The molecule has 0 aromatic carbocycles. The highest BCUT2D eigenvalue weighted by Gasteiger charge is 2.27. The van der Waals surface area contributed by atoms with Crippen LogP contribution in [0, 0.1) is 11.3 Å². The van der Waals surface area contributed by atoms with E-state index in [0.717, 1.165) is 32.1 Å². The van der Waals surface area contributed by atoms with Gasteiger partial charge in [0, 0.05) is 38.8 Å². The number of hydrogen-bond donors (Lipinski definition) is 1. The van der Waals surface area contributed by atoms with Crippen LogP contribution in [0.5, 0.6) is 0 Å². The molecule has 1 unspecified atom stereocenters. The van der Waals surface area contributed by atoms with Crippen LogP contribution in [0.3, 0.4) is 0 Å². The molecule has 0 radical (unpaired) electrons. The van der Waals surface area contributed by atoms with E-state index in [9.17, 15) is 0 Å². The van der Waals surface area contributed by atoms with Crippen LogP contribution in [0.4, 0.5) is 0 Å². The van der Waals surface area contributed by atoms with Crippen molar-refractivity contribution >= 4 is 0 Å². The summed E-state index contributed by atoms with van der Waals surface area (Å²) in [4.78, 5) is 5.11. The molecule has 0 spiro atoms. The first-order valence-electron chi connectivity index (χ1n) is 7.27. The van der Waals surface area contributed by atoms with Crippen LogP contribution in [-0.2, 0) is 0 Å². The first-order valence-corrected chi connectivity index (χ1v) is 7.27. The van der Waals surface area contributed by atoms with Gasteiger partial charge in [-0.2, -0.15) is 5.26 Å². The van der Waals surface area contributed by atoms with Gasteiger partial charge < -0.3 is 10.6 Å². The number of piperazine rings is 1. The molecule has 4 heteroatoms. The first-order chi connectivity index (χ1) is 8.61. The maximum Gasteiger partial charge on any atom is 0.102 e. The summed E-state index contributed by atoms with van der Waals surface area (Å²) in [5.74, 6) is 0. The molecule has 1 aliphatic heterocycles. The van der Waals surface area contributed by atoms with E-state index in [4.69, 9.17) is 11.0 Å². The lowest BCUT2D eigenvalue weighted by molar-refractivity contribution is 0.0948. The second-order valence-corrected chi connectivity index (χ2v) is 6.10. The smallest absolute Gasteiger partial charge is 0.102 e. The van der Waals surface area contributed by atoms with Crippen molar-refractivity contribution in [3.63, 3.8) is 0 Å². The second-order valence-electron chi connectivity index (χ2n) is 6.10. The maximum absolute atomic E-state index is 8.91. The molecule has 2 aliphatic rings. The monoisotopic (exact) mass is 250 g/mol. The Morgan fingerprint density at radius 2 is 1.83 bits per heavy atom. The zero-order chi connectivity index (χ0) is 13.0. The fraction of sp³-hybridized carbons (Fsp3) is 0.929. The Hall–Kier alpha value is -0.630. The predicted molar refractivity (Wildman–Crippen MR) is 73.1 cm³/mol. The first kappa shape index (κ1) is 13.8. The summed E-state index contributed by atoms with van der Waals surface area (Å²) in [7, 11) is 0. The van der Waals surface area contributed by atoms with Crippen LogP contribution < -0.4 is 5.73 Å². The standard InChI is InChI=1S/C14H26N4/c1-14(16,12-15)6-7-17-8-10-18(11-9-17)13-4-2-3-5-13/h13H,2-11,16H2,1H3. The zero-order valence-corrected chi connectivity index (χ0v) is 11.6. The Morgan fingerprint density at radius 3 is 2.39 bits per heavy atom. The molecule has 18 heavy (non-hydrogen) atoms. The molecule has 0 amide bonds. The Balaban J connectivity index is 1.69. The summed E-state index contributed by atoms with van der Waals surface area (Å²) in [5, 5.41) is 8.91. The minimum Gasteiger partial charge on any atom is -0.314 e. The Kier molecular flexibility index (Phi) is 4.60. The van der Waals surface area contributed by atoms with Gasteiger partial charge in [-0.25, -0.2) is 0 Å². The van der Waals surface area contributed by atoms with Crippen molar-refractivity contribution in [2.24, 2.45) is 5.73 Å². The van der Waals surface area contributed by atoms with E-state index in [0.29, 0.717) is 0 Å². The van der Waals surface area contributed by atoms with Gasteiger partial charge in [0.15, 0.2) is 0 Å². The summed E-state index contributed by atoms with van der Waals surface area (Å²) in [5.41, 5.74) is 5.20. The normalized spacial score (nSPS) is 26.9. The average Bonchev–Trinajstić information content (AvgIpc) is 2.91. The van der Waals surface area contributed by atoms with Crippen LogP contribution in [-0.4, -0.2) is 54.1 Å². The van der Waals surface area contributed by atoms with Crippen LogP contribution >= 0.6 is 0 Å². The molecule has 1 heterocycles. The molecular formula is C14H26N4. The Morgan fingerprint density at radius 1 is 1.22 bits per heavy atom. The van der Waals surface area contributed by atoms with Crippen molar-refractivity contribution < 1.29 is 0 Å². The number of hydrogen-bond acceptors (Lipinski definition) is 4. The fourth-order valence-corrected chi connectivity index (χ4v) is 3.07. The summed E-state index contributed by atoms with van der Waals surface area (Å²) in [6, 6.07) is 3.03. The van der Waals surface area contributed by atoms with Gasteiger partial charge in [-0.3, -0.25) is 4.90 Å². The highest BCUT2D eigenvalue weighted by molar-refractivity contribution is 5.01. The third kappa shape index (κ3) is 3.68. The van der Waals surface area contributed by atoms with Crippen molar-refractivity contribution in [2.75, 3.05) is 32.7 Å². The number of rotatable bonds is 4. The maximum atomic E-state index is 8.91. The van der Waals surface area contributed by atoms with E-state index in [1.54, 1.807) is 0 Å². The molecule has 1 saturated heterocycles. The second kappa shape index (κ2) is 6.01. The van der Waals surface area contributed by atoms with E-state index in [1.165, 1.54) is 38.8 Å². The van der Waals surface area contributed by atoms with Gasteiger partial charge >= 0.3 is 0 Å². The van der Waals surface area contributed by atoms with Gasteiger partial charge in [0.2, 0.25) is 0 Å². The van der Waals surface area contributed by atoms with Crippen molar-refractivity contribution in [3.8, 4) is 6.07 Å². The van der Waals surface area contributed by atoms with Crippen molar-refractivity contribution in [3.05, 3.63) is 0 Å². The number of nitrogens with two attached hydrogens (primary N) is 1. The third-order valence-electron chi connectivity index (χ3n) is 4.45. The largest absolute Gasteiger partial charge is 0.314 e. The summed E-state index contributed by atoms with van der Waals surface area (Å²) in [6.45, 7) is 7.44. The molecular weight excluding hydrogens is 224 g/mol. The van der Waals surface area contributed by atoms with Crippen LogP contribution in [0.2, 0.25) is 0 Å². The molecule has 0 aromatic rings. The third-order valence-corrected chi connectivity index (χ3v) is 4.45. The molecule has 0 aromatic heterocycles. The van der Waals surface area contributed by atoms with E-state index >= 15 is 0 Å². The number of nitriles is 1. The van der Waals surface area contributed by atoms with Crippen molar-refractivity contribution in [1.29, 1.82) is 5.26 Å². The molecule has 0 bridgehead atoms. The van der Waals surface area contributed by atoms with Gasteiger partial charge in [0.25, 0.3) is 0 Å². The summed E-state index contributed by atoms with van der Waals surface area (Å²) < 4.78 is 0. The van der Waals surface area contributed by atoms with Gasteiger partial charge in [0.05, 0.1) is 6.07 Å². The van der Waals surface area contributed by atoms with E-state index < -0.39 is 5.54 Å². The van der Waals surface area contributed by atoms with Gasteiger partial charge in [-0.15, -0.1) is 0 Å². The zero-order valence-electron chi connectivity index (χ0n) is 11.6. The fourth-order valence-electron chi connectivity index (χ4n) is 3.07. The predicted octanol–water partition coefficient (Wildman–Crippen LogP) is 1.18. The Labute approximate surface area is 111 Å². The molecule has 1 saturated carbocycles. The van der Waals surface area contributed by atoms with Gasteiger partial charge in [-0.05, 0) is 26.2 Å². The number of nitrogens with zero attached hydrogens (tertiary/aromatic N) is 3. The van der Waals surface area contributed by atoms with Gasteiger partial charge in [-0.1, -0.05) is 12.8 Å². The van der Waals surface area contributed by atoms with E-state index in [-0.39, 0.29) is 0 Å². The molecule has 1 aliphatic carbocycles. The van der Waals surface area contributed by atoms with E-state index in [2.05, 4.69) is 15.9 Å². The van der Waals surface area contributed by atoms with Gasteiger partial charge in [0.1, 0.15) is 5.54 Å². The van der Waals surface area contributed by atoms with Crippen LogP contribution in [0.15, 0.2) is 0 Å². The average molecular weight is 250 g/mol. The lowest BCUT2D eigenvalue weighted by Crippen LogP contribution is -2.51. The molecule has 2 fully saturated rings. The molecule has 2 rings (SSSR count). The molecule has 4 nitrogen and oxygen atoms in total. The quantitative estimate of drug-likeness (QED) is 0.814. The summed E-state index contributed by atoms with van der Waals surface area (Å²) in [6.07, 6.45) is 6.40. The van der Waals surface area contributed by atoms with Crippen LogP contribution in [0.1, 0.15) is 39.0 Å². The molecule has 1 atom stereocenters. The minimum absolute atomic E-state index is 0.664. The van der Waals surface area contributed by atoms with Crippen molar-refractivity contribution in [2.45, 2.75) is 50.6 Å². The van der Waals surface area contributed by atoms with E-state index in [1.807, 2.05) is 6.92 Å². The lowest BCUT2D eigenvalue weighted by Gasteiger charge is -2.38. The SMILES string of the molecule is CC(N)(C#N)CCN1CCN(C2CCCC2)CC1. The Bertz CT molecular complexity index is 293. The highest BCUT2D eigenvalue weighted by Crippen LogP contribution is 2.24. The minimum atomic E-state index is -0.664. The topological polar surface area (TPSA) is 56.3 Å². The van der Waals surface area contributed by atoms with Crippen LogP contribution in [0.25, 0.3) is 0 Å². The summed E-state index contributed by atoms with van der Waals surface area (Å²) >= 11 is 0. The van der Waals surface area contributed by atoms with Crippen molar-refractivity contribution in [1.82, 2.24) is 9.80 Å². The molecule has 2 N–H and O–H groups in total.